The number of aromatic nitrogens is 1. The molecule has 0 radical (unpaired) electrons. The molecule has 6 nitrogen and oxygen atoms in total. The minimum Gasteiger partial charge on any atom is -0.381 e. The van der Waals surface area contributed by atoms with Crippen molar-refractivity contribution in [2.24, 2.45) is 11.1 Å². The molecule has 8 heteroatoms. The van der Waals surface area contributed by atoms with Gasteiger partial charge in [-0.15, -0.1) is 0 Å². The predicted octanol–water partition coefficient (Wildman–Crippen LogP) is 2.68. The van der Waals surface area contributed by atoms with Gasteiger partial charge in [0.25, 0.3) is 5.91 Å². The number of carbonyl (C=O) groups is 2. The Balaban J connectivity index is 1.73. The van der Waals surface area contributed by atoms with Crippen LogP contribution in [0, 0.1) is 5.92 Å². The van der Waals surface area contributed by atoms with Crippen molar-refractivity contribution >= 4 is 46.4 Å². The first kappa shape index (κ1) is 15.1. The third kappa shape index (κ3) is 2.26. The molecule has 0 bridgehead atoms. The topological polar surface area (TPSA) is 71.9 Å². The number of halogens is 2. The third-order valence-electron chi connectivity index (χ3n) is 3.87. The molecule has 0 spiro atoms. The van der Waals surface area contributed by atoms with Gasteiger partial charge in [-0.25, -0.2) is 4.90 Å². The number of carbonyl (C=O) groups excluding carboxylic acids is 2. The van der Waals surface area contributed by atoms with Crippen molar-refractivity contribution in [1.82, 2.24) is 4.98 Å². The number of amides is 2. The lowest BCUT2D eigenvalue weighted by atomic mass is 9.95. The molecule has 24 heavy (non-hydrogen) atoms. The van der Waals surface area contributed by atoms with E-state index in [0.29, 0.717) is 27.0 Å². The lowest BCUT2D eigenvalue weighted by Crippen LogP contribution is -2.33. The maximum absolute atomic E-state index is 12.8. The Bertz CT molecular complexity index is 865. The fourth-order valence-corrected chi connectivity index (χ4v) is 3.37. The Morgan fingerprint density at radius 1 is 1.08 bits per heavy atom. The summed E-state index contributed by atoms with van der Waals surface area (Å²) in [7, 11) is 0. The van der Waals surface area contributed by atoms with Crippen molar-refractivity contribution < 1.29 is 14.4 Å². The van der Waals surface area contributed by atoms with Gasteiger partial charge in [0.1, 0.15) is 11.6 Å². The van der Waals surface area contributed by atoms with E-state index < -0.39 is 23.8 Å². The van der Waals surface area contributed by atoms with E-state index in [1.54, 1.807) is 24.5 Å². The Hall–Kier alpha value is -2.44. The van der Waals surface area contributed by atoms with E-state index in [2.05, 4.69) is 10.1 Å². The number of nitrogens with zero attached hydrogens (tertiary/aromatic N) is 3. The molecule has 4 rings (SSSR count). The van der Waals surface area contributed by atoms with Crippen LogP contribution in [0.15, 0.2) is 47.9 Å². The van der Waals surface area contributed by atoms with E-state index in [4.69, 9.17) is 28.0 Å². The number of oxime groups is 1. The smallest absolute Gasteiger partial charge is 0.278 e. The van der Waals surface area contributed by atoms with Crippen LogP contribution in [0.4, 0.5) is 5.69 Å². The van der Waals surface area contributed by atoms with Crippen LogP contribution in [-0.2, 0) is 14.4 Å². The number of rotatable bonds is 2. The fourth-order valence-electron chi connectivity index (χ4n) is 2.85. The first-order valence-corrected chi connectivity index (χ1v) is 7.80. The maximum atomic E-state index is 12.8. The van der Waals surface area contributed by atoms with Crippen molar-refractivity contribution in [3.05, 3.63) is 58.3 Å². The fraction of sp³-hybridized carbons (Fsp3) is 0.125. The van der Waals surface area contributed by atoms with Crippen LogP contribution in [-0.4, -0.2) is 28.6 Å². The molecular formula is C16H9Cl2N3O3. The number of anilines is 1. The predicted molar refractivity (Wildman–Crippen MR) is 88.1 cm³/mol. The molecular weight excluding hydrogens is 353 g/mol. The van der Waals surface area contributed by atoms with E-state index in [-0.39, 0.29) is 0 Å². The Labute approximate surface area is 146 Å². The number of fused-ring (bicyclic) bond motifs is 1. The van der Waals surface area contributed by atoms with E-state index in [1.807, 2.05) is 0 Å². The van der Waals surface area contributed by atoms with E-state index in [1.165, 1.54) is 18.2 Å². The SMILES string of the molecule is O=C1[C@H]2C(c3cccnc3)=NO[C@H]2C(=O)N1c1cc(Cl)cc(Cl)c1. The van der Waals surface area contributed by atoms with Gasteiger partial charge in [-0.1, -0.05) is 28.4 Å². The molecule has 120 valence electrons. The van der Waals surface area contributed by atoms with Crippen molar-refractivity contribution in [2.75, 3.05) is 4.90 Å². The molecule has 1 aromatic carbocycles. The van der Waals surface area contributed by atoms with Crippen molar-refractivity contribution in [2.45, 2.75) is 6.10 Å². The number of pyridine rings is 1. The van der Waals surface area contributed by atoms with Gasteiger partial charge in [-0.05, 0) is 30.3 Å². The number of hydrogen-bond donors (Lipinski definition) is 0. The van der Waals surface area contributed by atoms with Gasteiger partial charge in [0.2, 0.25) is 12.0 Å². The number of benzene rings is 1. The van der Waals surface area contributed by atoms with Crippen LogP contribution in [0.5, 0.6) is 0 Å². The van der Waals surface area contributed by atoms with Gasteiger partial charge in [0.05, 0.1) is 5.69 Å². The summed E-state index contributed by atoms with van der Waals surface area (Å²) in [6.45, 7) is 0. The Morgan fingerprint density at radius 2 is 1.83 bits per heavy atom. The number of imide groups is 1. The zero-order chi connectivity index (χ0) is 16.8. The summed E-state index contributed by atoms with van der Waals surface area (Å²) < 4.78 is 0. The molecule has 2 aliphatic heterocycles. The minimum absolute atomic E-state index is 0.311. The monoisotopic (exact) mass is 361 g/mol. The standard InChI is InChI=1S/C16H9Cl2N3O3/c17-9-4-10(18)6-11(5-9)21-15(22)12-13(8-2-1-3-19-7-8)20-24-14(12)16(21)23/h1-7,12,14H/t12-,14+/m0/s1. The van der Waals surface area contributed by atoms with E-state index in [0.717, 1.165) is 4.90 Å². The molecule has 1 aromatic heterocycles. The van der Waals surface area contributed by atoms with Gasteiger partial charge in [-0.2, -0.15) is 0 Å². The summed E-state index contributed by atoms with van der Waals surface area (Å²) in [4.78, 5) is 35.7. The van der Waals surface area contributed by atoms with Crippen LogP contribution in [0.1, 0.15) is 5.56 Å². The molecule has 2 amide bonds. The first-order valence-electron chi connectivity index (χ1n) is 7.04. The Morgan fingerprint density at radius 3 is 2.50 bits per heavy atom. The van der Waals surface area contributed by atoms with E-state index in [9.17, 15) is 9.59 Å². The van der Waals surface area contributed by atoms with Crippen LogP contribution < -0.4 is 4.90 Å². The zero-order valence-electron chi connectivity index (χ0n) is 12.0. The first-order chi connectivity index (χ1) is 11.6. The highest BCUT2D eigenvalue weighted by molar-refractivity contribution is 6.37. The average molecular weight is 362 g/mol. The van der Waals surface area contributed by atoms with E-state index >= 15 is 0 Å². The summed E-state index contributed by atoms with van der Waals surface area (Å²) >= 11 is 11.9. The molecule has 2 aliphatic rings. The zero-order valence-corrected chi connectivity index (χ0v) is 13.5. The van der Waals surface area contributed by atoms with Crippen LogP contribution in [0.25, 0.3) is 0 Å². The van der Waals surface area contributed by atoms with Gasteiger partial charge in [0, 0.05) is 28.0 Å². The van der Waals surface area contributed by atoms with Crippen molar-refractivity contribution in [1.29, 1.82) is 0 Å². The third-order valence-corrected chi connectivity index (χ3v) is 4.31. The molecule has 0 aliphatic carbocycles. The molecule has 0 unspecified atom stereocenters. The van der Waals surface area contributed by atoms with Gasteiger partial charge < -0.3 is 4.84 Å². The summed E-state index contributed by atoms with van der Waals surface area (Å²) in [6, 6.07) is 8.02. The van der Waals surface area contributed by atoms with Gasteiger partial charge in [0.15, 0.2) is 0 Å². The Kier molecular flexibility index (Phi) is 3.51. The highest BCUT2D eigenvalue weighted by Crippen LogP contribution is 2.36. The second kappa shape index (κ2) is 5.58. The van der Waals surface area contributed by atoms with Crippen molar-refractivity contribution in [3.63, 3.8) is 0 Å². The normalized spacial score (nSPS) is 22.4. The second-order valence-electron chi connectivity index (χ2n) is 5.36. The molecule has 0 saturated carbocycles. The lowest BCUT2D eigenvalue weighted by molar-refractivity contribution is -0.126. The second-order valence-corrected chi connectivity index (χ2v) is 6.23. The molecule has 1 fully saturated rings. The average Bonchev–Trinajstić information content (AvgIpc) is 3.08. The molecule has 2 aromatic rings. The van der Waals surface area contributed by atoms with Crippen LogP contribution in [0.3, 0.4) is 0 Å². The molecule has 1 saturated heterocycles. The summed E-state index contributed by atoms with van der Waals surface area (Å²) in [6.07, 6.45) is 2.20. The minimum atomic E-state index is -0.981. The maximum Gasteiger partial charge on any atom is 0.278 e. The number of hydrogen-bond acceptors (Lipinski definition) is 5. The van der Waals surface area contributed by atoms with Gasteiger partial charge >= 0.3 is 0 Å². The molecule has 0 N–H and O–H groups in total. The van der Waals surface area contributed by atoms with Crippen LogP contribution >= 0.6 is 23.2 Å². The molecule has 3 heterocycles. The lowest BCUT2D eigenvalue weighted by Gasteiger charge is -2.16. The highest BCUT2D eigenvalue weighted by Gasteiger charge is 2.56. The summed E-state index contributed by atoms with van der Waals surface area (Å²) in [5.41, 5.74) is 1.34. The van der Waals surface area contributed by atoms with Gasteiger partial charge in [-0.3, -0.25) is 14.6 Å². The summed E-state index contributed by atoms with van der Waals surface area (Å²) in [5, 5.41) is 4.57. The summed E-state index contributed by atoms with van der Waals surface area (Å²) in [5.74, 6) is -1.73. The largest absolute Gasteiger partial charge is 0.381 e. The van der Waals surface area contributed by atoms with Crippen molar-refractivity contribution in [3.8, 4) is 0 Å². The molecule has 2 atom stereocenters. The quantitative estimate of drug-likeness (QED) is 0.770. The van der Waals surface area contributed by atoms with Crippen LogP contribution in [0.2, 0.25) is 10.0 Å². The highest BCUT2D eigenvalue weighted by atomic mass is 35.5.